The average Bonchev–Trinajstić information content (AvgIpc) is 3.03. The first-order valence-electron chi connectivity index (χ1n) is 8.20. The molecule has 1 atom stereocenters. The van der Waals surface area contributed by atoms with E-state index in [2.05, 4.69) is 85.1 Å². The van der Waals surface area contributed by atoms with E-state index in [1.807, 2.05) is 13.8 Å². The standard InChI is InChI=1S/C18H20N2.C2H6/c1-3-15-13-17(16-7-5-4-6-8-16)9-10-18(15)20-12-11-14(2)19-20;1-2/h4-14,19H,3H2,1-2H3;1-2H3. The summed E-state index contributed by atoms with van der Waals surface area (Å²) in [5, 5.41) is 2.12. The molecule has 0 radical (unpaired) electrons. The number of aryl methyl sites for hydroxylation is 1. The van der Waals surface area contributed by atoms with Gasteiger partial charge in [0.05, 0.1) is 5.69 Å². The van der Waals surface area contributed by atoms with E-state index in [1.165, 1.54) is 22.4 Å². The molecule has 2 aromatic rings. The van der Waals surface area contributed by atoms with Crippen LogP contribution in [0.3, 0.4) is 0 Å². The molecule has 0 bridgehead atoms. The highest BCUT2D eigenvalue weighted by atomic mass is 15.5. The van der Waals surface area contributed by atoms with E-state index in [0.29, 0.717) is 6.04 Å². The monoisotopic (exact) mass is 294 g/mol. The summed E-state index contributed by atoms with van der Waals surface area (Å²) in [7, 11) is 0. The van der Waals surface area contributed by atoms with Gasteiger partial charge >= 0.3 is 0 Å². The van der Waals surface area contributed by atoms with Crippen LogP contribution in [-0.2, 0) is 6.42 Å². The van der Waals surface area contributed by atoms with Crippen LogP contribution in [0.5, 0.6) is 0 Å². The van der Waals surface area contributed by atoms with Gasteiger partial charge in [0.2, 0.25) is 0 Å². The molecule has 1 aliphatic heterocycles. The van der Waals surface area contributed by atoms with Gasteiger partial charge in [0.25, 0.3) is 0 Å². The molecule has 0 saturated heterocycles. The number of hydrogen-bond acceptors (Lipinski definition) is 2. The Morgan fingerprint density at radius 1 is 1.00 bits per heavy atom. The molecule has 1 heterocycles. The lowest BCUT2D eigenvalue weighted by Gasteiger charge is -2.22. The summed E-state index contributed by atoms with van der Waals surface area (Å²) < 4.78 is 0. The maximum Gasteiger partial charge on any atom is 0.0603 e. The van der Waals surface area contributed by atoms with Crippen molar-refractivity contribution >= 4 is 5.69 Å². The highest BCUT2D eigenvalue weighted by molar-refractivity contribution is 5.69. The van der Waals surface area contributed by atoms with E-state index in [1.54, 1.807) is 0 Å². The van der Waals surface area contributed by atoms with E-state index in [0.717, 1.165) is 6.42 Å². The van der Waals surface area contributed by atoms with Crippen LogP contribution in [-0.4, -0.2) is 6.04 Å². The minimum atomic E-state index is 0.397. The zero-order chi connectivity index (χ0) is 15.9. The second kappa shape index (κ2) is 7.81. The third kappa shape index (κ3) is 3.58. The molecule has 0 saturated carbocycles. The van der Waals surface area contributed by atoms with Gasteiger partial charge in [0, 0.05) is 12.2 Å². The van der Waals surface area contributed by atoms with Crippen molar-refractivity contribution in [3.63, 3.8) is 0 Å². The summed E-state index contributed by atoms with van der Waals surface area (Å²) >= 11 is 0. The van der Waals surface area contributed by atoms with Gasteiger partial charge in [-0.05, 0) is 48.2 Å². The molecule has 0 fully saturated rings. The maximum absolute atomic E-state index is 3.43. The molecule has 0 aliphatic carbocycles. The molecule has 3 rings (SSSR count). The molecular weight excluding hydrogens is 268 g/mol. The van der Waals surface area contributed by atoms with Crippen molar-refractivity contribution < 1.29 is 0 Å². The van der Waals surface area contributed by atoms with Crippen molar-refractivity contribution in [1.82, 2.24) is 5.43 Å². The average molecular weight is 294 g/mol. The first-order chi connectivity index (χ1) is 10.8. The lowest BCUT2D eigenvalue weighted by molar-refractivity contribution is 0.681. The number of rotatable bonds is 3. The Balaban J connectivity index is 0.000000847. The van der Waals surface area contributed by atoms with Crippen molar-refractivity contribution in [2.45, 2.75) is 40.2 Å². The molecular formula is C20H26N2. The number of nitrogens with one attached hydrogen (secondary N) is 1. The fraction of sp³-hybridized carbons (Fsp3) is 0.300. The van der Waals surface area contributed by atoms with Gasteiger partial charge in [-0.3, -0.25) is 5.01 Å². The van der Waals surface area contributed by atoms with Crippen molar-refractivity contribution in [2.75, 3.05) is 5.01 Å². The highest BCUT2D eigenvalue weighted by Gasteiger charge is 2.15. The van der Waals surface area contributed by atoms with Crippen LogP contribution >= 0.6 is 0 Å². The summed E-state index contributed by atoms with van der Waals surface area (Å²) in [5.41, 5.74) is 8.58. The number of anilines is 1. The van der Waals surface area contributed by atoms with Crippen LogP contribution in [0.15, 0.2) is 60.8 Å². The van der Waals surface area contributed by atoms with E-state index < -0.39 is 0 Å². The van der Waals surface area contributed by atoms with Gasteiger partial charge in [-0.25, -0.2) is 5.43 Å². The first-order valence-corrected chi connectivity index (χ1v) is 8.20. The Bertz CT molecular complexity index is 617. The molecule has 2 nitrogen and oxygen atoms in total. The number of nitrogens with zero attached hydrogens (tertiary/aromatic N) is 1. The van der Waals surface area contributed by atoms with Gasteiger partial charge < -0.3 is 0 Å². The van der Waals surface area contributed by atoms with Crippen LogP contribution in [0.4, 0.5) is 5.69 Å². The first kappa shape index (κ1) is 16.3. The topological polar surface area (TPSA) is 15.3 Å². The van der Waals surface area contributed by atoms with Gasteiger partial charge in [0.1, 0.15) is 0 Å². The summed E-state index contributed by atoms with van der Waals surface area (Å²) in [6, 6.07) is 17.6. The second-order valence-electron chi connectivity index (χ2n) is 5.19. The van der Waals surface area contributed by atoms with Gasteiger partial charge in [0.15, 0.2) is 0 Å². The molecule has 1 unspecified atom stereocenters. The molecule has 2 heteroatoms. The fourth-order valence-electron chi connectivity index (χ4n) is 2.58. The molecule has 1 N–H and O–H groups in total. The van der Waals surface area contributed by atoms with E-state index >= 15 is 0 Å². The third-order valence-electron chi connectivity index (χ3n) is 3.69. The Hall–Kier alpha value is -2.06. The van der Waals surface area contributed by atoms with E-state index in [9.17, 15) is 0 Å². The lowest BCUT2D eigenvalue weighted by Crippen LogP contribution is -2.34. The van der Waals surface area contributed by atoms with Crippen LogP contribution in [0.25, 0.3) is 11.1 Å². The predicted octanol–water partition coefficient (Wildman–Crippen LogP) is 5.17. The van der Waals surface area contributed by atoms with E-state index in [4.69, 9.17) is 0 Å². The van der Waals surface area contributed by atoms with Gasteiger partial charge in [-0.15, -0.1) is 0 Å². The van der Waals surface area contributed by atoms with E-state index in [-0.39, 0.29) is 0 Å². The van der Waals surface area contributed by atoms with Crippen LogP contribution < -0.4 is 10.4 Å². The Morgan fingerprint density at radius 3 is 2.32 bits per heavy atom. The zero-order valence-corrected chi connectivity index (χ0v) is 14.0. The highest BCUT2D eigenvalue weighted by Crippen LogP contribution is 2.28. The van der Waals surface area contributed by atoms with Gasteiger partial charge in [-0.2, -0.15) is 0 Å². The molecule has 2 aromatic carbocycles. The van der Waals surface area contributed by atoms with Crippen LogP contribution in [0.2, 0.25) is 0 Å². The molecule has 22 heavy (non-hydrogen) atoms. The lowest BCUT2D eigenvalue weighted by atomic mass is 10.0. The second-order valence-corrected chi connectivity index (χ2v) is 5.19. The number of benzene rings is 2. The zero-order valence-electron chi connectivity index (χ0n) is 14.0. The fourth-order valence-corrected chi connectivity index (χ4v) is 2.58. The number of hydrogen-bond donors (Lipinski definition) is 1. The Morgan fingerprint density at radius 2 is 1.73 bits per heavy atom. The number of hydrazine groups is 1. The predicted molar refractivity (Wildman–Crippen MR) is 96.8 cm³/mol. The Labute approximate surface area is 134 Å². The van der Waals surface area contributed by atoms with Crippen molar-refractivity contribution in [3.8, 4) is 11.1 Å². The summed E-state index contributed by atoms with van der Waals surface area (Å²) in [6.45, 7) is 8.36. The summed E-state index contributed by atoms with van der Waals surface area (Å²) in [5.74, 6) is 0. The Kier molecular flexibility index (Phi) is 5.79. The smallest absolute Gasteiger partial charge is 0.0603 e. The molecule has 0 aromatic heterocycles. The molecule has 0 amide bonds. The maximum atomic E-state index is 3.43. The largest absolute Gasteiger partial charge is 0.284 e. The summed E-state index contributed by atoms with van der Waals surface area (Å²) in [4.78, 5) is 0. The molecule has 1 aliphatic rings. The third-order valence-corrected chi connectivity index (χ3v) is 3.69. The molecule has 116 valence electrons. The normalized spacial score (nSPS) is 16.4. The molecule has 0 spiro atoms. The minimum absolute atomic E-state index is 0.397. The van der Waals surface area contributed by atoms with Gasteiger partial charge in [-0.1, -0.05) is 57.2 Å². The van der Waals surface area contributed by atoms with Crippen molar-refractivity contribution in [1.29, 1.82) is 0 Å². The van der Waals surface area contributed by atoms with Crippen molar-refractivity contribution in [3.05, 3.63) is 66.4 Å². The summed E-state index contributed by atoms with van der Waals surface area (Å²) in [6.07, 6.45) is 5.31. The SMILES string of the molecule is CC.CCc1cc(-c2ccccc2)ccc1N1C=CC(C)N1. The quantitative estimate of drug-likeness (QED) is 0.840. The minimum Gasteiger partial charge on any atom is -0.284 e. The van der Waals surface area contributed by atoms with Crippen LogP contribution in [0, 0.1) is 0 Å². The van der Waals surface area contributed by atoms with Crippen molar-refractivity contribution in [2.24, 2.45) is 0 Å². The van der Waals surface area contributed by atoms with Crippen LogP contribution in [0.1, 0.15) is 33.3 Å².